The van der Waals surface area contributed by atoms with E-state index in [0.717, 1.165) is 16.1 Å². The lowest BCUT2D eigenvalue weighted by molar-refractivity contribution is 0.249. The van der Waals surface area contributed by atoms with Crippen LogP contribution in [0.2, 0.25) is 0 Å². The number of anilines is 1. The SMILES string of the molecule is C[C@H](CC#N)Sc1ccccc1NC(=O)N[C@H](C)c1cnn(C)c1. The second kappa shape index (κ2) is 8.41. The molecule has 0 aliphatic heterocycles. The molecule has 0 bridgehead atoms. The summed E-state index contributed by atoms with van der Waals surface area (Å²) >= 11 is 1.58. The number of nitriles is 1. The molecular weight excluding hydrogens is 322 g/mol. The summed E-state index contributed by atoms with van der Waals surface area (Å²) in [5.41, 5.74) is 1.68. The van der Waals surface area contributed by atoms with E-state index in [2.05, 4.69) is 21.8 Å². The second-order valence-corrected chi connectivity index (χ2v) is 7.03. The molecule has 0 aliphatic carbocycles. The number of rotatable bonds is 6. The van der Waals surface area contributed by atoms with Crippen LogP contribution < -0.4 is 10.6 Å². The summed E-state index contributed by atoms with van der Waals surface area (Å²) in [6.45, 7) is 3.90. The number of benzene rings is 1. The first-order valence-corrected chi connectivity index (χ1v) is 8.56. The lowest BCUT2D eigenvalue weighted by atomic mass is 10.2. The van der Waals surface area contributed by atoms with Crippen LogP contribution in [0.1, 0.15) is 31.9 Å². The molecule has 2 amide bonds. The summed E-state index contributed by atoms with van der Waals surface area (Å²) in [6, 6.07) is 9.35. The summed E-state index contributed by atoms with van der Waals surface area (Å²) in [5.74, 6) is 0. The molecule has 0 saturated carbocycles. The van der Waals surface area contributed by atoms with E-state index < -0.39 is 0 Å². The van der Waals surface area contributed by atoms with E-state index >= 15 is 0 Å². The van der Waals surface area contributed by atoms with Crippen LogP contribution in [-0.2, 0) is 7.05 Å². The van der Waals surface area contributed by atoms with Crippen LogP contribution >= 0.6 is 11.8 Å². The van der Waals surface area contributed by atoms with Gasteiger partial charge in [-0.3, -0.25) is 4.68 Å². The van der Waals surface area contributed by atoms with Crippen molar-refractivity contribution in [2.75, 3.05) is 5.32 Å². The van der Waals surface area contributed by atoms with Crippen molar-refractivity contribution in [3.05, 3.63) is 42.2 Å². The summed E-state index contributed by atoms with van der Waals surface area (Å²) in [5, 5.41) is 18.8. The fourth-order valence-corrected chi connectivity index (χ4v) is 3.16. The molecule has 2 aromatic rings. The number of thioether (sulfide) groups is 1. The van der Waals surface area contributed by atoms with E-state index in [9.17, 15) is 4.79 Å². The Labute approximate surface area is 146 Å². The van der Waals surface area contributed by atoms with Crippen LogP contribution in [0.3, 0.4) is 0 Å². The zero-order valence-corrected chi connectivity index (χ0v) is 14.8. The molecule has 1 aromatic carbocycles. The van der Waals surface area contributed by atoms with Crippen molar-refractivity contribution in [2.24, 2.45) is 7.05 Å². The Morgan fingerprint density at radius 2 is 2.17 bits per heavy atom. The van der Waals surface area contributed by atoms with E-state index in [4.69, 9.17) is 5.26 Å². The average molecular weight is 343 g/mol. The summed E-state index contributed by atoms with van der Waals surface area (Å²) in [4.78, 5) is 13.2. The quantitative estimate of drug-likeness (QED) is 0.784. The van der Waals surface area contributed by atoms with E-state index in [0.29, 0.717) is 6.42 Å². The van der Waals surface area contributed by atoms with Gasteiger partial charge in [-0.1, -0.05) is 19.1 Å². The van der Waals surface area contributed by atoms with E-state index in [-0.39, 0.29) is 17.3 Å². The van der Waals surface area contributed by atoms with Crippen molar-refractivity contribution in [3.8, 4) is 6.07 Å². The molecule has 1 aromatic heterocycles. The summed E-state index contributed by atoms with van der Waals surface area (Å²) in [7, 11) is 1.84. The highest BCUT2D eigenvalue weighted by Gasteiger charge is 2.13. The van der Waals surface area contributed by atoms with Gasteiger partial charge in [-0.2, -0.15) is 10.4 Å². The molecule has 2 N–H and O–H groups in total. The molecule has 0 fully saturated rings. The van der Waals surface area contributed by atoms with Crippen molar-refractivity contribution in [1.82, 2.24) is 15.1 Å². The Balaban J connectivity index is 2.00. The highest BCUT2D eigenvalue weighted by atomic mass is 32.2. The summed E-state index contributed by atoms with van der Waals surface area (Å²) in [6.07, 6.45) is 4.07. The number of urea groups is 1. The highest BCUT2D eigenvalue weighted by molar-refractivity contribution is 8.00. The minimum Gasteiger partial charge on any atom is -0.331 e. The Morgan fingerprint density at radius 1 is 1.42 bits per heavy atom. The average Bonchev–Trinajstić information content (AvgIpc) is 2.96. The van der Waals surface area contributed by atoms with E-state index in [1.807, 2.05) is 51.4 Å². The summed E-state index contributed by atoms with van der Waals surface area (Å²) < 4.78 is 1.70. The number of para-hydroxylation sites is 1. The standard InChI is InChI=1S/C17H21N5OS/c1-12(8-9-18)24-16-7-5-4-6-15(16)21-17(23)20-13(2)14-10-19-22(3)11-14/h4-7,10-13H,8H2,1-3H3,(H2,20,21,23)/t12-,13-/m1/s1. The predicted octanol–water partition coefficient (Wildman–Crippen LogP) is 3.70. The van der Waals surface area contributed by atoms with Crippen molar-refractivity contribution >= 4 is 23.5 Å². The van der Waals surface area contributed by atoms with Crippen LogP contribution in [0.15, 0.2) is 41.6 Å². The van der Waals surface area contributed by atoms with Crippen molar-refractivity contribution in [3.63, 3.8) is 0 Å². The second-order valence-electron chi connectivity index (χ2n) is 5.55. The van der Waals surface area contributed by atoms with Crippen LogP contribution in [-0.4, -0.2) is 21.1 Å². The molecule has 0 radical (unpaired) electrons. The maximum atomic E-state index is 12.3. The smallest absolute Gasteiger partial charge is 0.319 e. The molecule has 0 saturated heterocycles. The first kappa shape index (κ1) is 17.9. The Hall–Kier alpha value is -2.46. The van der Waals surface area contributed by atoms with Crippen LogP contribution in [0, 0.1) is 11.3 Å². The third-order valence-corrected chi connectivity index (χ3v) is 4.59. The molecule has 126 valence electrons. The molecule has 0 aliphatic rings. The molecule has 2 rings (SSSR count). The first-order valence-electron chi connectivity index (χ1n) is 7.68. The normalized spacial score (nSPS) is 12.9. The van der Waals surface area contributed by atoms with Gasteiger partial charge in [-0.05, 0) is 19.1 Å². The monoisotopic (exact) mass is 343 g/mol. The highest BCUT2D eigenvalue weighted by Crippen LogP contribution is 2.31. The maximum absolute atomic E-state index is 12.3. The number of nitrogens with one attached hydrogen (secondary N) is 2. The number of amides is 2. The molecule has 7 heteroatoms. The minimum atomic E-state index is -0.271. The van der Waals surface area contributed by atoms with Crippen LogP contribution in [0.5, 0.6) is 0 Å². The van der Waals surface area contributed by atoms with E-state index in [1.54, 1.807) is 22.6 Å². The van der Waals surface area contributed by atoms with Gasteiger partial charge < -0.3 is 10.6 Å². The topological polar surface area (TPSA) is 82.7 Å². The van der Waals surface area contributed by atoms with Crippen LogP contribution in [0.4, 0.5) is 10.5 Å². The molecule has 1 heterocycles. The number of carbonyl (C=O) groups excluding carboxylic acids is 1. The van der Waals surface area contributed by atoms with Crippen molar-refractivity contribution < 1.29 is 4.79 Å². The van der Waals surface area contributed by atoms with Gasteiger partial charge in [0.25, 0.3) is 0 Å². The molecular formula is C17H21N5OS. The minimum absolute atomic E-state index is 0.143. The number of aryl methyl sites for hydroxylation is 1. The zero-order chi connectivity index (χ0) is 17.5. The predicted molar refractivity (Wildman–Crippen MR) is 95.8 cm³/mol. The Kier molecular flexibility index (Phi) is 6.27. The van der Waals surface area contributed by atoms with Crippen molar-refractivity contribution in [1.29, 1.82) is 5.26 Å². The molecule has 0 unspecified atom stereocenters. The molecule has 2 atom stereocenters. The van der Waals surface area contributed by atoms with Gasteiger partial charge in [0.2, 0.25) is 0 Å². The Morgan fingerprint density at radius 3 is 2.83 bits per heavy atom. The lowest BCUT2D eigenvalue weighted by Gasteiger charge is -2.16. The number of hydrogen-bond donors (Lipinski definition) is 2. The fourth-order valence-electron chi connectivity index (χ4n) is 2.16. The largest absolute Gasteiger partial charge is 0.331 e. The van der Waals surface area contributed by atoms with Crippen molar-refractivity contribution in [2.45, 2.75) is 36.5 Å². The zero-order valence-electron chi connectivity index (χ0n) is 14.0. The fraction of sp³-hybridized carbons (Fsp3) is 0.353. The lowest BCUT2D eigenvalue weighted by Crippen LogP contribution is -2.31. The molecule has 6 nitrogen and oxygen atoms in total. The van der Waals surface area contributed by atoms with Gasteiger partial charge in [0, 0.05) is 35.4 Å². The maximum Gasteiger partial charge on any atom is 0.319 e. The van der Waals surface area contributed by atoms with Crippen LogP contribution in [0.25, 0.3) is 0 Å². The van der Waals surface area contributed by atoms with Gasteiger partial charge in [0.1, 0.15) is 0 Å². The number of nitrogens with zero attached hydrogens (tertiary/aromatic N) is 3. The van der Waals surface area contributed by atoms with Gasteiger partial charge in [-0.15, -0.1) is 11.8 Å². The third kappa shape index (κ3) is 5.03. The molecule has 0 spiro atoms. The Bertz CT molecular complexity index is 737. The molecule has 24 heavy (non-hydrogen) atoms. The van der Waals surface area contributed by atoms with Gasteiger partial charge in [-0.25, -0.2) is 4.79 Å². The van der Waals surface area contributed by atoms with Gasteiger partial charge >= 0.3 is 6.03 Å². The van der Waals surface area contributed by atoms with Gasteiger partial charge in [0.15, 0.2) is 0 Å². The number of aromatic nitrogens is 2. The first-order chi connectivity index (χ1) is 11.5. The number of hydrogen-bond acceptors (Lipinski definition) is 4. The third-order valence-electron chi connectivity index (χ3n) is 3.41. The van der Waals surface area contributed by atoms with E-state index in [1.165, 1.54) is 0 Å². The number of carbonyl (C=O) groups is 1. The van der Waals surface area contributed by atoms with Gasteiger partial charge in [0.05, 0.1) is 24.0 Å².